The second kappa shape index (κ2) is 5.81. The molecular weight excluding hydrogens is 249 g/mol. The molecule has 1 aliphatic rings. The Hall–Kier alpha value is -1.92. The van der Waals surface area contributed by atoms with Gasteiger partial charge in [0.05, 0.1) is 6.20 Å². The molecule has 3 N–H and O–H groups in total. The van der Waals surface area contributed by atoms with Crippen molar-refractivity contribution in [2.75, 3.05) is 23.3 Å². The van der Waals surface area contributed by atoms with E-state index in [1.165, 1.54) is 0 Å². The quantitative estimate of drug-likeness (QED) is 0.827. The Morgan fingerprint density at radius 3 is 3.16 bits per heavy atom. The van der Waals surface area contributed by atoms with Gasteiger partial charge in [-0.3, -0.25) is 4.79 Å². The number of hydrogen-bond donors (Lipinski definition) is 2. The summed E-state index contributed by atoms with van der Waals surface area (Å²) in [5.41, 5.74) is 5.33. The molecule has 2 heterocycles. The summed E-state index contributed by atoms with van der Waals surface area (Å²) in [7, 11) is 0. The molecule has 1 fully saturated rings. The zero-order valence-corrected chi connectivity index (χ0v) is 10.9. The molecule has 6 nitrogen and oxygen atoms in total. The highest BCUT2D eigenvalue weighted by molar-refractivity contribution is 5.84. The first kappa shape index (κ1) is 13.5. The van der Waals surface area contributed by atoms with E-state index in [0.29, 0.717) is 25.5 Å². The van der Waals surface area contributed by atoms with Crippen molar-refractivity contribution in [3.05, 3.63) is 12.0 Å². The second-order valence-corrected chi connectivity index (χ2v) is 4.55. The van der Waals surface area contributed by atoms with E-state index in [9.17, 15) is 9.18 Å². The fourth-order valence-corrected chi connectivity index (χ4v) is 2.20. The van der Waals surface area contributed by atoms with E-state index in [4.69, 9.17) is 5.73 Å². The molecule has 0 spiro atoms. The minimum absolute atomic E-state index is 0.148. The van der Waals surface area contributed by atoms with Crippen molar-refractivity contribution in [2.45, 2.75) is 32.2 Å². The first-order valence-electron chi connectivity index (χ1n) is 6.46. The Morgan fingerprint density at radius 2 is 2.47 bits per heavy atom. The standard InChI is InChI=1S/C12H18FN5O/c1-2-5-15-12-16-7-8(13)11(17-12)18-6-3-4-9(18)10(14)19/h7,9H,2-6H2,1H3,(H2,14,19)(H,15,16,17). The highest BCUT2D eigenvalue weighted by Gasteiger charge is 2.32. The lowest BCUT2D eigenvalue weighted by molar-refractivity contribution is -0.119. The van der Waals surface area contributed by atoms with Crippen LogP contribution in [0.25, 0.3) is 0 Å². The number of anilines is 2. The van der Waals surface area contributed by atoms with Crippen molar-refractivity contribution in [1.29, 1.82) is 0 Å². The maximum absolute atomic E-state index is 13.8. The molecular formula is C12H18FN5O. The summed E-state index contributed by atoms with van der Waals surface area (Å²) >= 11 is 0. The Morgan fingerprint density at radius 1 is 1.68 bits per heavy atom. The van der Waals surface area contributed by atoms with Gasteiger partial charge in [-0.2, -0.15) is 4.98 Å². The lowest BCUT2D eigenvalue weighted by Crippen LogP contribution is -2.41. The van der Waals surface area contributed by atoms with Crippen LogP contribution >= 0.6 is 0 Å². The normalized spacial score (nSPS) is 18.6. The van der Waals surface area contributed by atoms with Crippen molar-refractivity contribution in [2.24, 2.45) is 5.73 Å². The number of primary amides is 1. The third-order valence-electron chi connectivity index (χ3n) is 3.11. The molecule has 19 heavy (non-hydrogen) atoms. The molecule has 1 amide bonds. The van der Waals surface area contributed by atoms with Gasteiger partial charge in [0.2, 0.25) is 11.9 Å². The van der Waals surface area contributed by atoms with Crippen molar-refractivity contribution in [3.8, 4) is 0 Å². The number of aromatic nitrogens is 2. The molecule has 2 rings (SSSR count). The molecule has 1 unspecified atom stereocenters. The van der Waals surface area contributed by atoms with Gasteiger partial charge in [0.1, 0.15) is 6.04 Å². The van der Waals surface area contributed by atoms with E-state index in [1.807, 2.05) is 6.92 Å². The van der Waals surface area contributed by atoms with Crippen LogP contribution in [0.15, 0.2) is 6.20 Å². The van der Waals surface area contributed by atoms with E-state index < -0.39 is 17.8 Å². The number of amides is 1. The molecule has 0 aromatic carbocycles. The maximum atomic E-state index is 13.8. The summed E-state index contributed by atoms with van der Waals surface area (Å²) in [4.78, 5) is 21.0. The lowest BCUT2D eigenvalue weighted by atomic mass is 10.2. The minimum atomic E-state index is -0.532. The summed E-state index contributed by atoms with van der Waals surface area (Å²) in [5, 5.41) is 3.00. The van der Waals surface area contributed by atoms with Gasteiger partial charge < -0.3 is 16.0 Å². The number of carbonyl (C=O) groups is 1. The Balaban J connectivity index is 2.24. The lowest BCUT2D eigenvalue weighted by Gasteiger charge is -2.23. The van der Waals surface area contributed by atoms with Crippen molar-refractivity contribution in [1.82, 2.24) is 9.97 Å². The second-order valence-electron chi connectivity index (χ2n) is 4.55. The number of carbonyl (C=O) groups excluding carboxylic acids is 1. The predicted molar refractivity (Wildman–Crippen MR) is 70.3 cm³/mol. The predicted octanol–water partition coefficient (Wildman–Crippen LogP) is 0.892. The summed E-state index contributed by atoms with van der Waals surface area (Å²) in [6.45, 7) is 3.31. The van der Waals surface area contributed by atoms with E-state index in [1.54, 1.807) is 4.90 Å². The Labute approximate surface area is 111 Å². The fraction of sp³-hybridized carbons (Fsp3) is 0.583. The highest BCUT2D eigenvalue weighted by atomic mass is 19.1. The van der Waals surface area contributed by atoms with Crippen molar-refractivity contribution >= 4 is 17.7 Å². The van der Waals surface area contributed by atoms with Crippen LogP contribution < -0.4 is 16.0 Å². The molecule has 0 saturated carbocycles. The van der Waals surface area contributed by atoms with Gasteiger partial charge in [0.15, 0.2) is 11.6 Å². The number of hydrogen-bond acceptors (Lipinski definition) is 5. The molecule has 104 valence electrons. The van der Waals surface area contributed by atoms with Gasteiger partial charge >= 0.3 is 0 Å². The first-order valence-corrected chi connectivity index (χ1v) is 6.46. The van der Waals surface area contributed by atoms with Gasteiger partial charge in [-0.1, -0.05) is 6.92 Å². The molecule has 7 heteroatoms. The molecule has 0 radical (unpaired) electrons. The average Bonchev–Trinajstić information content (AvgIpc) is 2.87. The summed E-state index contributed by atoms with van der Waals surface area (Å²) in [6, 6.07) is -0.483. The van der Waals surface area contributed by atoms with E-state index in [0.717, 1.165) is 19.0 Å². The topological polar surface area (TPSA) is 84.1 Å². The van der Waals surface area contributed by atoms with Crippen LogP contribution in [0.5, 0.6) is 0 Å². The zero-order valence-electron chi connectivity index (χ0n) is 10.9. The van der Waals surface area contributed by atoms with Crippen LogP contribution in [-0.2, 0) is 4.79 Å². The van der Waals surface area contributed by atoms with Crippen LogP contribution in [0.1, 0.15) is 26.2 Å². The molecule has 1 aliphatic heterocycles. The van der Waals surface area contributed by atoms with Crippen molar-refractivity contribution < 1.29 is 9.18 Å². The Bertz CT molecular complexity index is 467. The Kier molecular flexibility index (Phi) is 4.13. The zero-order chi connectivity index (χ0) is 13.8. The van der Waals surface area contributed by atoms with Gasteiger partial charge in [-0.15, -0.1) is 0 Å². The monoisotopic (exact) mass is 267 g/mol. The van der Waals surface area contributed by atoms with Gasteiger partial charge in [0, 0.05) is 13.1 Å². The van der Waals surface area contributed by atoms with E-state index >= 15 is 0 Å². The number of nitrogens with one attached hydrogen (secondary N) is 1. The average molecular weight is 267 g/mol. The van der Waals surface area contributed by atoms with E-state index in [-0.39, 0.29) is 5.82 Å². The molecule has 0 aliphatic carbocycles. The van der Waals surface area contributed by atoms with Gasteiger partial charge in [-0.25, -0.2) is 9.37 Å². The minimum Gasteiger partial charge on any atom is -0.368 e. The maximum Gasteiger partial charge on any atom is 0.240 e. The number of nitrogens with two attached hydrogens (primary N) is 1. The van der Waals surface area contributed by atoms with Crippen LogP contribution in [0.2, 0.25) is 0 Å². The summed E-state index contributed by atoms with van der Waals surface area (Å²) in [5.74, 6) is -0.461. The molecule has 0 bridgehead atoms. The molecule has 1 aromatic heterocycles. The van der Waals surface area contributed by atoms with Gasteiger partial charge in [-0.05, 0) is 19.3 Å². The van der Waals surface area contributed by atoms with Crippen LogP contribution in [0.3, 0.4) is 0 Å². The SMILES string of the molecule is CCCNc1ncc(F)c(N2CCCC2C(N)=O)n1. The first-order chi connectivity index (χ1) is 9.13. The number of halogens is 1. The van der Waals surface area contributed by atoms with E-state index in [2.05, 4.69) is 15.3 Å². The summed E-state index contributed by atoms with van der Waals surface area (Å²) < 4.78 is 13.8. The molecule has 1 aromatic rings. The number of nitrogens with zero attached hydrogens (tertiary/aromatic N) is 3. The van der Waals surface area contributed by atoms with Crippen LogP contribution in [-0.4, -0.2) is 35.0 Å². The van der Waals surface area contributed by atoms with Gasteiger partial charge in [0.25, 0.3) is 0 Å². The largest absolute Gasteiger partial charge is 0.368 e. The van der Waals surface area contributed by atoms with Crippen LogP contribution in [0, 0.1) is 5.82 Å². The summed E-state index contributed by atoms with van der Waals surface area (Å²) in [6.07, 6.45) is 3.48. The fourth-order valence-electron chi connectivity index (χ4n) is 2.20. The molecule has 1 saturated heterocycles. The third kappa shape index (κ3) is 2.91. The molecule has 1 atom stereocenters. The van der Waals surface area contributed by atoms with Crippen molar-refractivity contribution in [3.63, 3.8) is 0 Å². The van der Waals surface area contributed by atoms with Crippen LogP contribution in [0.4, 0.5) is 16.2 Å². The number of rotatable bonds is 5. The third-order valence-corrected chi connectivity index (χ3v) is 3.11. The smallest absolute Gasteiger partial charge is 0.240 e. The highest BCUT2D eigenvalue weighted by Crippen LogP contribution is 2.26.